The van der Waals surface area contributed by atoms with Crippen LogP contribution in [-0.4, -0.2) is 17.3 Å². The van der Waals surface area contributed by atoms with Crippen molar-refractivity contribution < 1.29 is 4.79 Å². The average molecular weight is 366 g/mol. The van der Waals surface area contributed by atoms with Gasteiger partial charge in [0.25, 0.3) is 0 Å². The van der Waals surface area contributed by atoms with Crippen molar-refractivity contribution >= 4 is 11.6 Å². The Balaban J connectivity index is 1.90. The molecule has 0 saturated heterocycles. The fourth-order valence-corrected chi connectivity index (χ4v) is 3.63. The fourth-order valence-electron chi connectivity index (χ4n) is 3.63. The predicted molar refractivity (Wildman–Crippen MR) is 114 cm³/mol. The van der Waals surface area contributed by atoms with Gasteiger partial charge in [0.1, 0.15) is 5.82 Å². The molecule has 3 nitrogen and oxygen atoms in total. The van der Waals surface area contributed by atoms with E-state index in [9.17, 15) is 4.79 Å². The number of hydrogen-bond acceptors (Lipinski definition) is 3. The van der Waals surface area contributed by atoms with Crippen molar-refractivity contribution in [3.63, 3.8) is 0 Å². The normalized spacial score (nSPS) is 10.9. The van der Waals surface area contributed by atoms with Crippen molar-refractivity contribution in [2.75, 3.05) is 11.9 Å². The van der Waals surface area contributed by atoms with Gasteiger partial charge in [-0.05, 0) is 24.1 Å². The number of carbonyl (C=O) groups is 1. The smallest absolute Gasteiger partial charge is 0.179 e. The maximum absolute atomic E-state index is 13.9. The second-order valence-electron chi connectivity index (χ2n) is 6.69. The van der Waals surface area contributed by atoms with E-state index in [4.69, 9.17) is 4.98 Å². The van der Waals surface area contributed by atoms with E-state index in [1.54, 1.807) is 0 Å². The summed E-state index contributed by atoms with van der Waals surface area (Å²) in [7, 11) is 0. The molecule has 1 heterocycles. The molecule has 2 aliphatic rings. The third-order valence-electron chi connectivity index (χ3n) is 4.87. The maximum Gasteiger partial charge on any atom is 0.179 e. The molecule has 1 aliphatic carbocycles. The first-order valence-electron chi connectivity index (χ1n) is 9.56. The number of anilines is 1. The van der Waals surface area contributed by atoms with Crippen LogP contribution in [0.1, 0.15) is 34.3 Å². The van der Waals surface area contributed by atoms with Gasteiger partial charge in [-0.2, -0.15) is 0 Å². The molecule has 138 valence electrons. The first-order valence-corrected chi connectivity index (χ1v) is 9.56. The number of fused-ring (bicyclic) bond motifs is 1. The number of carbonyl (C=O) groups excluding carboxylic acids is 1. The highest BCUT2D eigenvalue weighted by Gasteiger charge is 2.30. The zero-order valence-corrected chi connectivity index (χ0v) is 15.8. The molecule has 0 fully saturated rings. The molecular formula is C25H22N2O. The lowest BCUT2D eigenvalue weighted by Crippen LogP contribution is -2.16. The molecule has 2 aromatic carbocycles. The van der Waals surface area contributed by atoms with E-state index in [1.807, 2.05) is 97.9 Å². The molecule has 0 atom stereocenters. The number of hydrogen-bond donors (Lipinski definition) is 1. The third-order valence-corrected chi connectivity index (χ3v) is 4.87. The van der Waals surface area contributed by atoms with E-state index in [0.29, 0.717) is 17.9 Å². The topological polar surface area (TPSA) is 42.0 Å². The predicted octanol–water partition coefficient (Wildman–Crippen LogP) is 5.63. The van der Waals surface area contributed by atoms with Crippen LogP contribution in [0.4, 0.5) is 5.82 Å². The van der Waals surface area contributed by atoms with E-state index in [0.717, 1.165) is 22.4 Å². The lowest BCUT2D eigenvalue weighted by atomic mass is 9.84. The molecule has 0 saturated carbocycles. The Bertz CT molecular complexity index is 1000. The van der Waals surface area contributed by atoms with Crippen LogP contribution in [-0.2, 0) is 0 Å². The summed E-state index contributed by atoms with van der Waals surface area (Å²) >= 11 is 0. The zero-order valence-electron chi connectivity index (χ0n) is 15.8. The number of benzene rings is 2. The molecule has 0 bridgehead atoms. The Labute approximate surface area is 165 Å². The van der Waals surface area contributed by atoms with Crippen molar-refractivity contribution in [2.24, 2.45) is 0 Å². The minimum atomic E-state index is -0.377. The van der Waals surface area contributed by atoms with Gasteiger partial charge in [-0.25, -0.2) is 4.98 Å². The molecule has 28 heavy (non-hydrogen) atoms. The number of Topliss-reactive ketones (excluding diaryl/α,β-unsaturated/α-hetero) is 1. The Kier molecular flexibility index (Phi) is 5.16. The van der Waals surface area contributed by atoms with E-state index < -0.39 is 0 Å². The average Bonchev–Trinajstić information content (AvgIpc) is 2.90. The van der Waals surface area contributed by atoms with Gasteiger partial charge < -0.3 is 5.32 Å². The van der Waals surface area contributed by atoms with E-state index in [2.05, 4.69) is 5.32 Å². The number of rotatable bonds is 6. The highest BCUT2D eigenvalue weighted by Crippen LogP contribution is 2.37. The minimum absolute atomic E-state index is 0.0575. The summed E-state index contributed by atoms with van der Waals surface area (Å²) in [6, 6.07) is 29.7. The summed E-state index contributed by atoms with van der Waals surface area (Å²) in [6.07, 6.45) is 0. The van der Waals surface area contributed by atoms with Crippen molar-refractivity contribution in [3.05, 3.63) is 108 Å². The minimum Gasteiger partial charge on any atom is -0.370 e. The Morgan fingerprint density at radius 1 is 0.821 bits per heavy atom. The molecule has 0 unspecified atom stereocenters. The van der Waals surface area contributed by atoms with Crippen molar-refractivity contribution in [1.29, 1.82) is 0 Å². The molecule has 2 aromatic rings. The zero-order chi connectivity index (χ0) is 19.3. The summed E-state index contributed by atoms with van der Waals surface area (Å²) in [6.45, 7) is 2.72. The molecule has 4 rings (SSSR count). The Hall–Kier alpha value is -3.46. The van der Waals surface area contributed by atoms with Crippen LogP contribution in [0.25, 0.3) is 11.3 Å². The van der Waals surface area contributed by atoms with Gasteiger partial charge in [0, 0.05) is 12.1 Å². The quantitative estimate of drug-likeness (QED) is 0.450. The summed E-state index contributed by atoms with van der Waals surface area (Å²) < 4.78 is 0. The van der Waals surface area contributed by atoms with Gasteiger partial charge in [0.15, 0.2) is 5.78 Å². The summed E-state index contributed by atoms with van der Waals surface area (Å²) in [5, 5.41) is 3.28. The summed E-state index contributed by atoms with van der Waals surface area (Å²) in [4.78, 5) is 18.6. The first kappa shape index (κ1) is 17.9. The van der Waals surface area contributed by atoms with Crippen LogP contribution in [0.15, 0.2) is 91.0 Å². The number of aromatic nitrogens is 1. The summed E-state index contributed by atoms with van der Waals surface area (Å²) in [5.74, 6) is 0.338. The van der Waals surface area contributed by atoms with Crippen molar-refractivity contribution in [1.82, 2.24) is 4.98 Å². The highest BCUT2D eigenvalue weighted by atomic mass is 16.1. The van der Waals surface area contributed by atoms with E-state index in [-0.39, 0.29) is 11.7 Å². The Morgan fingerprint density at radius 2 is 1.36 bits per heavy atom. The van der Waals surface area contributed by atoms with Crippen LogP contribution in [0.3, 0.4) is 0 Å². The maximum atomic E-state index is 13.9. The van der Waals surface area contributed by atoms with Gasteiger partial charge in [-0.1, -0.05) is 84.9 Å². The van der Waals surface area contributed by atoms with Crippen LogP contribution >= 0.6 is 0 Å². The van der Waals surface area contributed by atoms with Crippen LogP contribution in [0, 0.1) is 0 Å². The monoisotopic (exact) mass is 366 g/mol. The highest BCUT2D eigenvalue weighted by molar-refractivity contribution is 6.12. The lowest BCUT2D eigenvalue weighted by Gasteiger charge is -2.18. The largest absolute Gasteiger partial charge is 0.370 e. The number of nitrogens with one attached hydrogen (secondary N) is 1. The molecule has 0 aromatic heterocycles. The van der Waals surface area contributed by atoms with E-state index in [1.165, 1.54) is 0 Å². The number of ketones is 1. The molecular weight excluding hydrogens is 344 g/mol. The number of nitrogens with zero attached hydrogens (tertiary/aromatic N) is 1. The summed E-state index contributed by atoms with van der Waals surface area (Å²) in [5.41, 5.74) is 4.32. The Morgan fingerprint density at radius 3 is 1.93 bits per heavy atom. The van der Waals surface area contributed by atoms with Crippen molar-refractivity contribution in [3.8, 4) is 11.3 Å². The molecule has 3 heteroatoms. The van der Waals surface area contributed by atoms with Crippen LogP contribution in [0.2, 0.25) is 0 Å². The van der Waals surface area contributed by atoms with Gasteiger partial charge in [-0.3, -0.25) is 4.79 Å². The molecule has 0 amide bonds. The van der Waals surface area contributed by atoms with Crippen LogP contribution < -0.4 is 5.32 Å². The van der Waals surface area contributed by atoms with Gasteiger partial charge in [0.2, 0.25) is 0 Å². The van der Waals surface area contributed by atoms with Gasteiger partial charge >= 0.3 is 0 Å². The molecule has 1 N–H and O–H groups in total. The molecule has 0 radical (unpaired) electrons. The van der Waals surface area contributed by atoms with Crippen LogP contribution in [0.5, 0.6) is 0 Å². The van der Waals surface area contributed by atoms with Gasteiger partial charge in [0.05, 0.1) is 17.2 Å². The van der Waals surface area contributed by atoms with Gasteiger partial charge in [-0.15, -0.1) is 0 Å². The molecule has 0 spiro atoms. The first-order chi connectivity index (χ1) is 13.8. The van der Waals surface area contributed by atoms with E-state index >= 15 is 0 Å². The standard InChI is InChI=1S/C25H22N2O/c1-2-26-25-23(20-16-10-5-11-17-21(20)27-25)24(28)22(18-12-6-3-7-13-18)19-14-8-4-9-15-19/h3-17,22H,2H2,1H3,(H,26,27). The fraction of sp³-hybridized carbons (Fsp3) is 0.120. The molecule has 1 aliphatic heterocycles. The third kappa shape index (κ3) is 3.39. The lowest BCUT2D eigenvalue weighted by molar-refractivity contribution is 0.0975. The van der Waals surface area contributed by atoms with Crippen molar-refractivity contribution in [2.45, 2.75) is 12.8 Å². The second kappa shape index (κ2) is 8.05. The second-order valence-corrected chi connectivity index (χ2v) is 6.69. The SMILES string of the molecule is CCNc1nc2cccccc-2c1C(=O)C(c1ccccc1)c1ccccc1.